The van der Waals surface area contributed by atoms with Gasteiger partial charge >= 0.3 is 0 Å². The van der Waals surface area contributed by atoms with E-state index in [1.54, 1.807) is 54.6 Å². The van der Waals surface area contributed by atoms with Crippen molar-refractivity contribution in [2.45, 2.75) is 50.6 Å². The lowest BCUT2D eigenvalue weighted by molar-refractivity contribution is -0.140. The summed E-state index contributed by atoms with van der Waals surface area (Å²) in [7, 11) is -2.74. The number of benzene rings is 4. The zero-order chi connectivity index (χ0) is 33.1. The van der Waals surface area contributed by atoms with Crippen molar-refractivity contribution in [1.82, 2.24) is 10.2 Å². The molecule has 8 nitrogen and oxygen atoms in total. The Morgan fingerprint density at radius 3 is 2.28 bits per heavy atom. The van der Waals surface area contributed by atoms with E-state index in [4.69, 9.17) is 16.3 Å². The van der Waals surface area contributed by atoms with Crippen LogP contribution in [0, 0.1) is 6.92 Å². The molecule has 0 spiro atoms. The molecule has 242 valence electrons. The molecule has 10 heteroatoms. The summed E-state index contributed by atoms with van der Waals surface area (Å²) < 4.78 is 34.8. The second kappa shape index (κ2) is 16.3. The van der Waals surface area contributed by atoms with Crippen LogP contribution in [-0.2, 0) is 32.6 Å². The van der Waals surface area contributed by atoms with Crippen LogP contribution >= 0.6 is 11.6 Å². The maximum absolute atomic E-state index is 14.6. The van der Waals surface area contributed by atoms with Crippen molar-refractivity contribution < 1.29 is 22.7 Å². The normalized spacial score (nSPS) is 11.8. The minimum atomic E-state index is -4.22. The number of methoxy groups -OCH3 is 1. The third kappa shape index (κ3) is 8.89. The monoisotopic (exact) mass is 661 g/mol. The maximum Gasteiger partial charge on any atom is 0.264 e. The number of anilines is 1. The number of sulfonamides is 1. The zero-order valence-corrected chi connectivity index (χ0v) is 27.9. The van der Waals surface area contributed by atoms with Gasteiger partial charge in [0, 0.05) is 30.6 Å². The molecule has 0 fully saturated rings. The van der Waals surface area contributed by atoms with Crippen LogP contribution in [0.4, 0.5) is 5.69 Å². The summed E-state index contributed by atoms with van der Waals surface area (Å²) in [6.07, 6.45) is 1.89. The van der Waals surface area contributed by atoms with Crippen LogP contribution in [0.5, 0.6) is 5.75 Å². The van der Waals surface area contributed by atoms with E-state index in [2.05, 4.69) is 5.32 Å². The predicted octanol–water partition coefficient (Wildman–Crippen LogP) is 6.41. The van der Waals surface area contributed by atoms with Gasteiger partial charge in [0.25, 0.3) is 10.0 Å². The number of aryl methyl sites for hydroxylation is 1. The number of unbranched alkanes of at least 4 members (excludes halogenated alkanes) is 1. The molecule has 0 aliphatic carbocycles. The third-order valence-corrected chi connectivity index (χ3v) is 9.79. The van der Waals surface area contributed by atoms with Gasteiger partial charge in [-0.15, -0.1) is 0 Å². The number of nitrogens with one attached hydrogen (secondary N) is 1. The van der Waals surface area contributed by atoms with E-state index in [-0.39, 0.29) is 29.5 Å². The van der Waals surface area contributed by atoms with Crippen molar-refractivity contribution in [3.8, 4) is 5.75 Å². The van der Waals surface area contributed by atoms with Gasteiger partial charge in [-0.3, -0.25) is 13.9 Å². The summed E-state index contributed by atoms with van der Waals surface area (Å²) in [6, 6.07) is 28.6. The Morgan fingerprint density at radius 2 is 1.61 bits per heavy atom. The van der Waals surface area contributed by atoms with Crippen molar-refractivity contribution in [3.63, 3.8) is 0 Å². The molecule has 1 atom stereocenters. The quantitative estimate of drug-likeness (QED) is 0.149. The second-order valence-electron chi connectivity index (χ2n) is 11.0. The fourth-order valence-electron chi connectivity index (χ4n) is 5.00. The molecule has 0 radical (unpaired) electrons. The minimum absolute atomic E-state index is 0.00622. The largest absolute Gasteiger partial charge is 0.497 e. The van der Waals surface area contributed by atoms with Gasteiger partial charge in [0.15, 0.2) is 0 Å². The summed E-state index contributed by atoms with van der Waals surface area (Å²) >= 11 is 6.56. The third-order valence-electron chi connectivity index (χ3n) is 7.63. The number of halogens is 1. The molecule has 0 unspecified atom stereocenters. The van der Waals surface area contributed by atoms with Crippen LogP contribution < -0.4 is 14.4 Å². The van der Waals surface area contributed by atoms with Gasteiger partial charge in [-0.1, -0.05) is 97.2 Å². The van der Waals surface area contributed by atoms with E-state index in [0.29, 0.717) is 22.9 Å². The van der Waals surface area contributed by atoms with Gasteiger partial charge in [-0.25, -0.2) is 8.42 Å². The zero-order valence-electron chi connectivity index (χ0n) is 26.4. The van der Waals surface area contributed by atoms with Crippen molar-refractivity contribution in [3.05, 3.63) is 125 Å². The molecule has 4 rings (SSSR count). The molecule has 4 aromatic rings. The highest BCUT2D eigenvalue weighted by Crippen LogP contribution is 2.28. The maximum atomic E-state index is 14.6. The van der Waals surface area contributed by atoms with Gasteiger partial charge in [-0.2, -0.15) is 0 Å². The number of carbonyl (C=O) groups excluding carboxylic acids is 2. The molecule has 0 aliphatic rings. The van der Waals surface area contributed by atoms with Crippen LogP contribution in [0.1, 0.15) is 36.5 Å². The van der Waals surface area contributed by atoms with Crippen molar-refractivity contribution in [1.29, 1.82) is 0 Å². The predicted molar refractivity (Wildman–Crippen MR) is 183 cm³/mol. The van der Waals surface area contributed by atoms with E-state index in [0.717, 1.165) is 28.3 Å². The van der Waals surface area contributed by atoms with Crippen LogP contribution in [0.2, 0.25) is 5.02 Å². The Morgan fingerprint density at radius 1 is 0.913 bits per heavy atom. The first kappa shape index (κ1) is 34.5. The van der Waals surface area contributed by atoms with Crippen LogP contribution in [0.3, 0.4) is 0 Å². The molecule has 0 aromatic heterocycles. The second-order valence-corrected chi connectivity index (χ2v) is 13.3. The SMILES string of the molecule is CCCCNC(=O)[C@H](Cc1ccccc1)N(Cc1ccccc1Cl)C(=O)CN(c1cccc(OC)c1)S(=O)(=O)c1ccc(C)cc1. The summed E-state index contributed by atoms with van der Waals surface area (Å²) in [5, 5.41) is 3.42. The fraction of sp³-hybridized carbons (Fsp3) is 0.278. The first-order valence-corrected chi connectivity index (χ1v) is 17.0. The lowest BCUT2D eigenvalue weighted by atomic mass is 10.0. The molecule has 2 amide bonds. The molecule has 1 N–H and O–H groups in total. The Hall–Kier alpha value is -4.34. The summed E-state index contributed by atoms with van der Waals surface area (Å²) in [5.74, 6) is -0.462. The number of rotatable bonds is 15. The molecule has 0 saturated heterocycles. The van der Waals surface area contributed by atoms with E-state index in [1.807, 2.05) is 50.2 Å². The average Bonchev–Trinajstić information content (AvgIpc) is 3.06. The number of hydrogen-bond acceptors (Lipinski definition) is 5. The van der Waals surface area contributed by atoms with E-state index >= 15 is 0 Å². The number of hydrogen-bond donors (Lipinski definition) is 1. The molecule has 0 aliphatic heterocycles. The Labute approximate surface area is 277 Å². The average molecular weight is 662 g/mol. The van der Waals surface area contributed by atoms with E-state index in [1.165, 1.54) is 24.1 Å². The highest BCUT2D eigenvalue weighted by Gasteiger charge is 2.35. The number of nitrogens with zero attached hydrogens (tertiary/aromatic N) is 2. The number of carbonyl (C=O) groups is 2. The molecule has 0 heterocycles. The number of amides is 2. The Bertz CT molecular complexity index is 1720. The van der Waals surface area contributed by atoms with E-state index < -0.39 is 28.5 Å². The first-order valence-electron chi connectivity index (χ1n) is 15.2. The van der Waals surface area contributed by atoms with E-state index in [9.17, 15) is 18.0 Å². The van der Waals surface area contributed by atoms with Crippen molar-refractivity contribution >= 4 is 39.1 Å². The Kier molecular flexibility index (Phi) is 12.2. The first-order chi connectivity index (χ1) is 22.1. The minimum Gasteiger partial charge on any atom is -0.497 e. The molecule has 0 bridgehead atoms. The highest BCUT2D eigenvalue weighted by atomic mass is 35.5. The van der Waals surface area contributed by atoms with Gasteiger partial charge in [0.2, 0.25) is 11.8 Å². The molecular weight excluding hydrogens is 622 g/mol. The van der Waals surface area contributed by atoms with Crippen LogP contribution in [0.25, 0.3) is 0 Å². The highest BCUT2D eigenvalue weighted by molar-refractivity contribution is 7.92. The summed E-state index contributed by atoms with van der Waals surface area (Å²) in [5.41, 5.74) is 2.63. The topological polar surface area (TPSA) is 96.0 Å². The lowest BCUT2D eigenvalue weighted by Crippen LogP contribution is -2.53. The van der Waals surface area contributed by atoms with Gasteiger partial charge in [-0.05, 0) is 54.8 Å². The standard InChI is InChI=1S/C36H40ClN3O5S/c1-4-5-22-38-36(42)34(23-28-12-7-6-8-13-28)39(25-29-14-9-10-17-33(29)37)35(41)26-40(30-15-11-16-31(24-30)45-3)46(43,44)32-20-18-27(2)19-21-32/h6-21,24,34H,4-5,22-23,25-26H2,1-3H3,(H,38,42)/t34-/m0/s1. The van der Waals surface area contributed by atoms with Crippen LogP contribution in [-0.4, -0.2) is 51.4 Å². The van der Waals surface area contributed by atoms with Gasteiger partial charge in [0.1, 0.15) is 18.3 Å². The smallest absolute Gasteiger partial charge is 0.264 e. The molecule has 4 aromatic carbocycles. The molecular formula is C36H40ClN3O5S. The lowest BCUT2D eigenvalue weighted by Gasteiger charge is -2.34. The molecule has 46 heavy (non-hydrogen) atoms. The summed E-state index contributed by atoms with van der Waals surface area (Å²) in [6.45, 7) is 3.77. The summed E-state index contributed by atoms with van der Waals surface area (Å²) in [4.78, 5) is 29.9. The van der Waals surface area contributed by atoms with Gasteiger partial charge < -0.3 is 15.0 Å². The molecule has 0 saturated carbocycles. The Balaban J connectivity index is 1.81. The van der Waals surface area contributed by atoms with Crippen molar-refractivity contribution in [2.24, 2.45) is 0 Å². The van der Waals surface area contributed by atoms with Crippen molar-refractivity contribution in [2.75, 3.05) is 24.5 Å². The number of ether oxygens (including phenoxy) is 1. The fourth-order valence-corrected chi connectivity index (χ4v) is 6.60. The van der Waals surface area contributed by atoms with Crippen LogP contribution in [0.15, 0.2) is 108 Å². The van der Waals surface area contributed by atoms with Gasteiger partial charge in [0.05, 0.1) is 17.7 Å².